The molecule has 0 saturated heterocycles. The molecule has 1 unspecified atom stereocenters. The lowest BCUT2D eigenvalue weighted by Crippen LogP contribution is -2.39. The molecule has 0 spiro atoms. The second-order valence-electron chi connectivity index (χ2n) is 7.66. The molecule has 180 valence electrons. The lowest BCUT2D eigenvalue weighted by molar-refractivity contribution is -0.274. The van der Waals surface area contributed by atoms with Gasteiger partial charge in [0.05, 0.1) is 16.1 Å². The molecule has 2 N–H and O–H groups in total. The third kappa shape index (κ3) is 5.05. The molecule has 0 aliphatic heterocycles. The first-order valence-corrected chi connectivity index (χ1v) is 12.1. The number of carbonyl (C=O) groups excluding carboxylic acids is 1. The summed E-state index contributed by atoms with van der Waals surface area (Å²) in [6.45, 7) is 3.09. The second-order valence-corrected chi connectivity index (χ2v) is 10.3. The molecule has 0 heterocycles. The molecule has 10 heteroatoms. The third-order valence-electron chi connectivity index (χ3n) is 5.61. The zero-order valence-corrected chi connectivity index (χ0v) is 19.8. The molecule has 0 fully saturated rings. The van der Waals surface area contributed by atoms with Crippen LogP contribution in [-0.2, 0) is 20.0 Å². The second kappa shape index (κ2) is 9.31. The van der Waals surface area contributed by atoms with Crippen molar-refractivity contribution in [3.8, 4) is 16.9 Å². The van der Waals surface area contributed by atoms with Gasteiger partial charge in [-0.15, -0.1) is 13.2 Å². The van der Waals surface area contributed by atoms with Gasteiger partial charge in [-0.05, 0) is 42.3 Å². The van der Waals surface area contributed by atoms with E-state index in [0.29, 0.717) is 11.1 Å². The van der Waals surface area contributed by atoms with E-state index in [1.807, 2.05) is 0 Å². The first-order valence-electron chi connectivity index (χ1n) is 10.1. The number of rotatable bonds is 7. The van der Waals surface area contributed by atoms with E-state index < -0.39 is 33.3 Å². The Morgan fingerprint density at radius 2 is 1.56 bits per heavy atom. The number of hydrogen-bond donors (Lipinski definition) is 1. The van der Waals surface area contributed by atoms with Crippen LogP contribution in [0.2, 0.25) is 5.02 Å². The largest absolute Gasteiger partial charge is 0.573 e. The van der Waals surface area contributed by atoms with Crippen LogP contribution in [0.25, 0.3) is 11.1 Å². The molecule has 0 saturated carbocycles. The molecule has 3 rings (SSSR count). The molecule has 0 aliphatic carbocycles. The summed E-state index contributed by atoms with van der Waals surface area (Å²) in [6.07, 6.45) is -4.88. The summed E-state index contributed by atoms with van der Waals surface area (Å²) in [5, 5.41) is 0.0772. The molecule has 34 heavy (non-hydrogen) atoms. The number of benzene rings is 3. The van der Waals surface area contributed by atoms with Gasteiger partial charge in [-0.25, -0.2) is 8.42 Å². The normalized spacial score (nSPS) is 13.8. The fraction of sp³-hybridized carbons (Fsp3) is 0.208. The van der Waals surface area contributed by atoms with Crippen molar-refractivity contribution in [2.45, 2.75) is 30.5 Å². The van der Waals surface area contributed by atoms with Crippen molar-refractivity contribution in [1.29, 1.82) is 0 Å². The van der Waals surface area contributed by atoms with E-state index in [9.17, 15) is 26.4 Å². The maximum atomic E-state index is 12.8. The van der Waals surface area contributed by atoms with Crippen LogP contribution in [-0.4, -0.2) is 26.4 Å². The summed E-state index contributed by atoms with van der Waals surface area (Å²) in [5.74, 6) is -1.21. The molecule has 0 bridgehead atoms. The van der Waals surface area contributed by atoms with Gasteiger partial charge in [-0.2, -0.15) is 0 Å². The monoisotopic (exact) mass is 511 g/mol. The Morgan fingerprint density at radius 1 is 0.971 bits per heavy atom. The van der Waals surface area contributed by atoms with Crippen molar-refractivity contribution in [1.82, 2.24) is 0 Å². The van der Waals surface area contributed by atoms with Gasteiger partial charge in [-0.3, -0.25) is 4.79 Å². The van der Waals surface area contributed by atoms with Gasteiger partial charge in [0.15, 0.2) is 9.84 Å². The van der Waals surface area contributed by atoms with Crippen LogP contribution >= 0.6 is 11.6 Å². The summed E-state index contributed by atoms with van der Waals surface area (Å²) in [6, 6.07) is 15.8. The number of para-hydroxylation sites is 1. The third-order valence-corrected chi connectivity index (χ3v) is 7.68. The molecule has 1 atom stereocenters. The predicted molar refractivity (Wildman–Crippen MR) is 123 cm³/mol. The summed E-state index contributed by atoms with van der Waals surface area (Å²) in [5.41, 5.74) is 5.54. The van der Waals surface area contributed by atoms with Crippen molar-refractivity contribution in [3.63, 3.8) is 0 Å². The molecule has 0 aliphatic rings. The molecule has 0 radical (unpaired) electrons. The average molecular weight is 512 g/mol. The lowest BCUT2D eigenvalue weighted by atomic mass is 9.75. The predicted octanol–water partition coefficient (Wildman–Crippen LogP) is 5.49. The molecule has 3 aromatic rings. The van der Waals surface area contributed by atoms with Gasteiger partial charge in [0, 0.05) is 16.1 Å². The summed E-state index contributed by atoms with van der Waals surface area (Å²) >= 11 is 6.44. The number of nitrogens with two attached hydrogens (primary N) is 1. The highest BCUT2D eigenvalue weighted by atomic mass is 35.5. The molecule has 3 aromatic carbocycles. The highest BCUT2D eigenvalue weighted by Gasteiger charge is 2.36. The first kappa shape index (κ1) is 25.6. The zero-order chi connectivity index (χ0) is 25.3. The van der Waals surface area contributed by atoms with E-state index in [1.165, 1.54) is 67.6 Å². The Hall–Kier alpha value is -3.04. The van der Waals surface area contributed by atoms with Crippen molar-refractivity contribution in [2.75, 3.05) is 5.75 Å². The Kier molecular flexibility index (Phi) is 7.00. The van der Waals surface area contributed by atoms with Gasteiger partial charge in [-0.1, -0.05) is 61.0 Å². The van der Waals surface area contributed by atoms with E-state index in [2.05, 4.69) is 4.74 Å². The molecule has 1 amide bonds. The number of sulfone groups is 1. The van der Waals surface area contributed by atoms with Crippen LogP contribution in [0.4, 0.5) is 13.2 Å². The number of halogens is 4. The van der Waals surface area contributed by atoms with Crippen LogP contribution in [0.3, 0.4) is 0 Å². The number of primary amides is 1. The van der Waals surface area contributed by atoms with Crippen LogP contribution < -0.4 is 10.5 Å². The van der Waals surface area contributed by atoms with E-state index in [1.54, 1.807) is 13.0 Å². The summed E-state index contributed by atoms with van der Waals surface area (Å²) in [4.78, 5) is 12.7. The highest BCUT2D eigenvalue weighted by Crippen LogP contribution is 2.40. The van der Waals surface area contributed by atoms with Crippen molar-refractivity contribution in [2.24, 2.45) is 5.73 Å². The van der Waals surface area contributed by atoms with E-state index in [4.69, 9.17) is 17.3 Å². The van der Waals surface area contributed by atoms with Crippen molar-refractivity contribution in [3.05, 3.63) is 82.9 Å². The quantitative estimate of drug-likeness (QED) is 0.454. The molecule has 0 aromatic heterocycles. The topological polar surface area (TPSA) is 86.5 Å². The number of hydrogen-bond acceptors (Lipinski definition) is 4. The Bertz CT molecular complexity index is 1320. The number of ether oxygens (including phenoxy) is 1. The Balaban J connectivity index is 2.08. The summed E-state index contributed by atoms with van der Waals surface area (Å²) in [7, 11) is -3.43. The molecular weight excluding hydrogens is 491 g/mol. The van der Waals surface area contributed by atoms with Gasteiger partial charge in [0.25, 0.3) is 0 Å². The van der Waals surface area contributed by atoms with Crippen LogP contribution in [0.1, 0.15) is 25.0 Å². The highest BCUT2D eigenvalue weighted by molar-refractivity contribution is 7.91. The first-order chi connectivity index (χ1) is 15.8. The number of amides is 1. The van der Waals surface area contributed by atoms with Crippen molar-refractivity contribution >= 4 is 27.3 Å². The maximum absolute atomic E-state index is 12.8. The van der Waals surface area contributed by atoms with Crippen molar-refractivity contribution < 1.29 is 31.1 Å². The Labute approximate surface area is 200 Å². The Morgan fingerprint density at radius 3 is 2.09 bits per heavy atom. The standard InChI is InChI=1S/C24H21ClF3NO4S/c1-3-34(31,32)17-11-8-15(9-12-17)23(2,22(29)30)16-10-13-18(20(25)14-16)19-6-4-5-7-21(19)33-24(26,27)28/h4-14H,3H2,1-2H3,(H2,29,30). The average Bonchev–Trinajstić information content (AvgIpc) is 2.78. The minimum Gasteiger partial charge on any atom is -0.405 e. The SMILES string of the molecule is CCS(=O)(=O)c1ccc(C(C)(C(N)=O)c2ccc(-c3ccccc3OC(F)(F)F)c(Cl)c2)cc1. The van der Waals surface area contributed by atoms with Gasteiger partial charge in [0.2, 0.25) is 5.91 Å². The van der Waals surface area contributed by atoms with Crippen LogP contribution in [0.5, 0.6) is 5.75 Å². The van der Waals surface area contributed by atoms with E-state index in [0.717, 1.165) is 0 Å². The van der Waals surface area contributed by atoms with Gasteiger partial charge >= 0.3 is 6.36 Å². The lowest BCUT2D eigenvalue weighted by Gasteiger charge is -2.28. The van der Waals surface area contributed by atoms with Gasteiger partial charge < -0.3 is 10.5 Å². The van der Waals surface area contributed by atoms with E-state index >= 15 is 0 Å². The smallest absolute Gasteiger partial charge is 0.405 e. The molecular formula is C24H21ClF3NO4S. The molecule has 5 nitrogen and oxygen atoms in total. The maximum Gasteiger partial charge on any atom is 0.573 e. The minimum atomic E-state index is -4.88. The van der Waals surface area contributed by atoms with Crippen LogP contribution in [0.15, 0.2) is 71.6 Å². The minimum absolute atomic E-state index is 0.0734. The zero-order valence-electron chi connectivity index (χ0n) is 18.2. The summed E-state index contributed by atoms with van der Waals surface area (Å²) < 4.78 is 66.8. The van der Waals surface area contributed by atoms with Gasteiger partial charge in [0.1, 0.15) is 5.75 Å². The van der Waals surface area contributed by atoms with E-state index in [-0.39, 0.29) is 26.8 Å². The number of alkyl halides is 3. The fourth-order valence-electron chi connectivity index (χ4n) is 3.56. The number of carbonyl (C=O) groups is 1. The fourth-order valence-corrected chi connectivity index (χ4v) is 4.73. The van der Waals surface area contributed by atoms with Crippen LogP contribution in [0, 0.1) is 0 Å².